The molecule has 1 saturated carbocycles. The predicted octanol–water partition coefficient (Wildman–Crippen LogP) is 2.19. The minimum Gasteiger partial charge on any atom is -0.233 e. The lowest BCUT2D eigenvalue weighted by Crippen LogP contribution is -2.14. The third kappa shape index (κ3) is 2.72. The topological polar surface area (TPSA) is 90.9 Å². The van der Waals surface area contributed by atoms with Crippen LogP contribution in [0.15, 0.2) is 65.8 Å². The number of sulfonamides is 1. The Balaban J connectivity index is 1.66. The SMILES string of the molecule is NS(=O)(=O)c1ccccc1C1CC1c1cccc(-n2cccn2)n1. The summed E-state index contributed by atoms with van der Waals surface area (Å²) >= 11 is 0. The van der Waals surface area contributed by atoms with Gasteiger partial charge in [0, 0.05) is 24.0 Å². The predicted molar refractivity (Wildman–Crippen MR) is 89.3 cm³/mol. The second-order valence-corrected chi connectivity index (χ2v) is 7.43. The van der Waals surface area contributed by atoms with Gasteiger partial charge in [0.1, 0.15) is 0 Å². The van der Waals surface area contributed by atoms with Crippen molar-refractivity contribution in [2.45, 2.75) is 23.2 Å². The third-order valence-corrected chi connectivity index (χ3v) is 5.28. The van der Waals surface area contributed by atoms with E-state index in [1.54, 1.807) is 23.0 Å². The minimum absolute atomic E-state index is 0.125. The number of nitrogens with two attached hydrogens (primary N) is 1. The molecule has 2 heterocycles. The zero-order chi connectivity index (χ0) is 16.7. The first kappa shape index (κ1) is 15.0. The number of hydrogen-bond acceptors (Lipinski definition) is 4. The number of benzene rings is 1. The van der Waals surface area contributed by atoms with E-state index in [1.807, 2.05) is 42.6 Å². The van der Waals surface area contributed by atoms with Gasteiger partial charge in [-0.25, -0.2) is 23.2 Å². The first-order valence-corrected chi connectivity index (χ1v) is 9.17. The third-order valence-electron chi connectivity index (χ3n) is 4.29. The molecular weight excluding hydrogens is 324 g/mol. The van der Waals surface area contributed by atoms with Gasteiger partial charge < -0.3 is 0 Å². The molecule has 0 aliphatic heterocycles. The monoisotopic (exact) mass is 340 g/mol. The Morgan fingerprint density at radius 1 is 1.04 bits per heavy atom. The van der Waals surface area contributed by atoms with Crippen LogP contribution < -0.4 is 5.14 Å². The summed E-state index contributed by atoms with van der Waals surface area (Å²) < 4.78 is 25.3. The van der Waals surface area contributed by atoms with Gasteiger partial charge in [-0.15, -0.1) is 0 Å². The first-order chi connectivity index (χ1) is 11.5. The molecular formula is C17H16N4O2S. The summed E-state index contributed by atoms with van der Waals surface area (Å²) in [5, 5.41) is 9.53. The van der Waals surface area contributed by atoms with Crippen molar-refractivity contribution in [2.24, 2.45) is 5.14 Å². The maximum Gasteiger partial charge on any atom is 0.238 e. The van der Waals surface area contributed by atoms with Crippen LogP contribution in [-0.2, 0) is 10.0 Å². The second kappa shape index (κ2) is 5.54. The van der Waals surface area contributed by atoms with E-state index in [0.717, 1.165) is 23.5 Å². The van der Waals surface area contributed by atoms with Crippen LogP contribution >= 0.6 is 0 Å². The van der Waals surface area contributed by atoms with Crippen LogP contribution in [-0.4, -0.2) is 23.2 Å². The number of rotatable bonds is 4. The normalized spacial score (nSPS) is 20.0. The van der Waals surface area contributed by atoms with Crippen molar-refractivity contribution in [1.82, 2.24) is 14.8 Å². The van der Waals surface area contributed by atoms with Gasteiger partial charge in [0.25, 0.3) is 0 Å². The fourth-order valence-electron chi connectivity index (χ4n) is 3.09. The van der Waals surface area contributed by atoms with Gasteiger partial charge in [-0.05, 0) is 42.2 Å². The zero-order valence-corrected chi connectivity index (χ0v) is 13.6. The smallest absolute Gasteiger partial charge is 0.233 e. The molecule has 2 aromatic heterocycles. The van der Waals surface area contributed by atoms with Crippen LogP contribution in [0.4, 0.5) is 0 Å². The summed E-state index contributed by atoms with van der Waals surface area (Å²) in [7, 11) is -3.72. The molecule has 0 spiro atoms. The summed E-state index contributed by atoms with van der Waals surface area (Å²) in [5.74, 6) is 1.08. The van der Waals surface area contributed by atoms with Crippen molar-refractivity contribution in [2.75, 3.05) is 0 Å². The molecule has 4 rings (SSSR count). The van der Waals surface area contributed by atoms with E-state index >= 15 is 0 Å². The Morgan fingerprint density at radius 2 is 1.88 bits per heavy atom. The van der Waals surface area contributed by atoms with Gasteiger partial charge in [-0.3, -0.25) is 0 Å². The molecule has 122 valence electrons. The van der Waals surface area contributed by atoms with Crippen LogP contribution in [0.1, 0.15) is 29.5 Å². The molecule has 3 aromatic rings. The maximum atomic E-state index is 11.8. The molecule has 2 N–H and O–H groups in total. The van der Waals surface area contributed by atoms with Crippen LogP contribution in [0.3, 0.4) is 0 Å². The Labute approximate surface area is 140 Å². The van der Waals surface area contributed by atoms with Crippen molar-refractivity contribution in [3.8, 4) is 5.82 Å². The molecule has 2 atom stereocenters. The number of primary sulfonamides is 1. The van der Waals surface area contributed by atoms with Crippen molar-refractivity contribution in [1.29, 1.82) is 0 Å². The number of aromatic nitrogens is 3. The lowest BCUT2D eigenvalue weighted by molar-refractivity contribution is 0.596. The fourth-order valence-corrected chi connectivity index (χ4v) is 3.91. The van der Waals surface area contributed by atoms with E-state index in [9.17, 15) is 8.42 Å². The molecule has 0 amide bonds. The highest BCUT2D eigenvalue weighted by molar-refractivity contribution is 7.89. The summed E-state index contributed by atoms with van der Waals surface area (Å²) in [6.07, 6.45) is 4.41. The molecule has 2 unspecified atom stereocenters. The Hall–Kier alpha value is -2.51. The molecule has 0 saturated heterocycles. The van der Waals surface area contributed by atoms with Gasteiger partial charge in [0.05, 0.1) is 4.90 Å². The van der Waals surface area contributed by atoms with Gasteiger partial charge in [0.2, 0.25) is 10.0 Å². The van der Waals surface area contributed by atoms with Crippen LogP contribution in [0.5, 0.6) is 0 Å². The Kier molecular flexibility index (Phi) is 3.47. The molecule has 0 bridgehead atoms. The quantitative estimate of drug-likeness (QED) is 0.788. The van der Waals surface area contributed by atoms with E-state index in [2.05, 4.69) is 10.1 Å². The highest BCUT2D eigenvalue weighted by Crippen LogP contribution is 2.55. The lowest BCUT2D eigenvalue weighted by Gasteiger charge is -2.08. The van der Waals surface area contributed by atoms with E-state index < -0.39 is 10.0 Å². The van der Waals surface area contributed by atoms with E-state index in [1.165, 1.54) is 0 Å². The number of pyridine rings is 1. The van der Waals surface area contributed by atoms with Crippen LogP contribution in [0, 0.1) is 0 Å². The molecule has 1 aliphatic carbocycles. The average Bonchev–Trinajstić information content (AvgIpc) is 3.19. The maximum absolute atomic E-state index is 11.8. The Morgan fingerprint density at radius 3 is 2.62 bits per heavy atom. The molecule has 0 radical (unpaired) electrons. The van der Waals surface area contributed by atoms with E-state index in [-0.39, 0.29) is 16.7 Å². The minimum atomic E-state index is -3.72. The largest absolute Gasteiger partial charge is 0.238 e. The zero-order valence-electron chi connectivity index (χ0n) is 12.8. The summed E-state index contributed by atoms with van der Waals surface area (Å²) in [5.41, 5.74) is 1.72. The van der Waals surface area contributed by atoms with Crippen LogP contribution in [0.2, 0.25) is 0 Å². The van der Waals surface area contributed by atoms with Gasteiger partial charge in [0.15, 0.2) is 5.82 Å². The molecule has 7 heteroatoms. The molecule has 6 nitrogen and oxygen atoms in total. The second-order valence-electron chi connectivity index (χ2n) is 5.90. The average molecular weight is 340 g/mol. The molecule has 1 aliphatic rings. The van der Waals surface area contributed by atoms with Crippen molar-refractivity contribution in [3.63, 3.8) is 0 Å². The number of hydrogen-bond donors (Lipinski definition) is 1. The standard InChI is InChI=1S/C17H16N4O2S/c18-24(22,23)16-7-2-1-5-12(16)13-11-14(13)15-6-3-8-17(20-15)21-10-4-9-19-21/h1-10,13-14H,11H2,(H2,18,22,23). The first-order valence-electron chi connectivity index (χ1n) is 7.63. The van der Waals surface area contributed by atoms with Crippen molar-refractivity contribution in [3.05, 3.63) is 72.2 Å². The fraction of sp³-hybridized carbons (Fsp3) is 0.176. The van der Waals surface area contributed by atoms with Crippen molar-refractivity contribution < 1.29 is 8.42 Å². The highest BCUT2D eigenvalue weighted by Gasteiger charge is 2.42. The van der Waals surface area contributed by atoms with Gasteiger partial charge >= 0.3 is 0 Å². The number of nitrogens with zero attached hydrogens (tertiary/aromatic N) is 3. The van der Waals surface area contributed by atoms with E-state index in [4.69, 9.17) is 5.14 Å². The van der Waals surface area contributed by atoms with Crippen LogP contribution in [0.25, 0.3) is 5.82 Å². The highest BCUT2D eigenvalue weighted by atomic mass is 32.2. The van der Waals surface area contributed by atoms with Crippen molar-refractivity contribution >= 4 is 10.0 Å². The van der Waals surface area contributed by atoms with Gasteiger partial charge in [-0.1, -0.05) is 24.3 Å². The Bertz CT molecular complexity index is 983. The van der Waals surface area contributed by atoms with Gasteiger partial charge in [-0.2, -0.15) is 5.10 Å². The molecule has 24 heavy (non-hydrogen) atoms. The summed E-state index contributed by atoms with van der Waals surface area (Å²) in [4.78, 5) is 4.87. The van der Waals surface area contributed by atoms with E-state index in [0.29, 0.717) is 0 Å². The molecule has 1 fully saturated rings. The summed E-state index contributed by atoms with van der Waals surface area (Å²) in [6, 6.07) is 14.6. The molecule has 1 aromatic carbocycles. The summed E-state index contributed by atoms with van der Waals surface area (Å²) in [6.45, 7) is 0. The lowest BCUT2D eigenvalue weighted by atomic mass is 10.1.